The molecule has 0 aromatic heterocycles. The lowest BCUT2D eigenvalue weighted by atomic mass is 9.99. The molecule has 354 valence electrons. The van der Waals surface area contributed by atoms with E-state index in [9.17, 15) is 4.79 Å². The molecule has 0 rings (SSSR count). The minimum atomic E-state index is 0.0116. The van der Waals surface area contributed by atoms with E-state index in [1.165, 1.54) is 250 Å². The van der Waals surface area contributed by atoms with Gasteiger partial charge in [-0.1, -0.05) is 301 Å². The van der Waals surface area contributed by atoms with E-state index in [0.29, 0.717) is 13.0 Å². The van der Waals surface area contributed by atoms with Gasteiger partial charge in [0.15, 0.2) is 0 Å². The van der Waals surface area contributed by atoms with Crippen molar-refractivity contribution in [1.82, 2.24) is 0 Å². The maximum absolute atomic E-state index is 12.0. The number of carbonyl (C=O) groups excluding carboxylic acids is 1. The highest BCUT2D eigenvalue weighted by atomic mass is 16.5. The SMILES string of the molecule is CC/C=C\C/C=C\C/C=C\CCCCCCCC(=O)OCCCCCCCCCCCCCCCCCCCCCCCCCCCCCCCCCCCCC(C)CC. The van der Waals surface area contributed by atoms with Crippen LogP contribution in [-0.2, 0) is 9.53 Å². The van der Waals surface area contributed by atoms with Crippen LogP contribution in [0, 0.1) is 5.92 Å². The summed E-state index contributed by atoms with van der Waals surface area (Å²) in [5.41, 5.74) is 0. The third-order valence-electron chi connectivity index (χ3n) is 13.1. The van der Waals surface area contributed by atoms with Crippen molar-refractivity contribution >= 4 is 5.97 Å². The molecule has 0 saturated carbocycles. The average molecular weight is 840 g/mol. The van der Waals surface area contributed by atoms with Crippen LogP contribution in [-0.4, -0.2) is 12.6 Å². The van der Waals surface area contributed by atoms with Crippen LogP contribution in [0.15, 0.2) is 36.5 Å². The van der Waals surface area contributed by atoms with Crippen molar-refractivity contribution in [2.45, 2.75) is 316 Å². The van der Waals surface area contributed by atoms with Crippen LogP contribution in [0.3, 0.4) is 0 Å². The van der Waals surface area contributed by atoms with E-state index in [4.69, 9.17) is 4.74 Å². The average Bonchev–Trinajstić information content (AvgIpc) is 3.25. The van der Waals surface area contributed by atoms with Gasteiger partial charge in [-0.2, -0.15) is 0 Å². The largest absolute Gasteiger partial charge is 0.466 e. The summed E-state index contributed by atoms with van der Waals surface area (Å²) in [6.07, 6.45) is 76.0. The lowest BCUT2D eigenvalue weighted by Crippen LogP contribution is -2.05. The van der Waals surface area contributed by atoms with Gasteiger partial charge in [0.25, 0.3) is 0 Å². The van der Waals surface area contributed by atoms with Crippen molar-refractivity contribution in [3.05, 3.63) is 36.5 Å². The fraction of sp³-hybridized carbons (Fsp3) is 0.879. The molecule has 0 heterocycles. The Morgan fingerprint density at radius 2 is 0.667 bits per heavy atom. The Labute approximate surface area is 379 Å². The summed E-state index contributed by atoms with van der Waals surface area (Å²) in [6.45, 7) is 7.52. The van der Waals surface area contributed by atoms with Crippen LogP contribution in [0.1, 0.15) is 316 Å². The molecule has 0 bridgehead atoms. The normalized spacial score (nSPS) is 12.5. The van der Waals surface area contributed by atoms with Crippen LogP contribution >= 0.6 is 0 Å². The summed E-state index contributed by atoms with van der Waals surface area (Å²) in [6, 6.07) is 0. The van der Waals surface area contributed by atoms with Gasteiger partial charge in [-0.15, -0.1) is 0 Å². The zero-order valence-corrected chi connectivity index (χ0v) is 41.6. The smallest absolute Gasteiger partial charge is 0.305 e. The molecule has 0 radical (unpaired) electrons. The first-order valence-corrected chi connectivity index (χ1v) is 27.8. The molecule has 0 N–H and O–H groups in total. The lowest BCUT2D eigenvalue weighted by molar-refractivity contribution is -0.143. The fourth-order valence-electron chi connectivity index (χ4n) is 8.60. The zero-order valence-electron chi connectivity index (χ0n) is 41.6. The first-order chi connectivity index (χ1) is 29.7. The van der Waals surface area contributed by atoms with Gasteiger partial charge in [-0.05, 0) is 50.9 Å². The fourth-order valence-corrected chi connectivity index (χ4v) is 8.60. The second kappa shape index (κ2) is 53.8. The Kier molecular flexibility index (Phi) is 52.6. The molecule has 0 aliphatic heterocycles. The van der Waals surface area contributed by atoms with Crippen molar-refractivity contribution in [3.63, 3.8) is 0 Å². The van der Waals surface area contributed by atoms with E-state index in [1.54, 1.807) is 0 Å². The molecule has 1 atom stereocenters. The molecular weight excluding hydrogens is 729 g/mol. The maximum Gasteiger partial charge on any atom is 0.305 e. The van der Waals surface area contributed by atoms with Gasteiger partial charge in [0.2, 0.25) is 0 Å². The van der Waals surface area contributed by atoms with Gasteiger partial charge >= 0.3 is 5.97 Å². The van der Waals surface area contributed by atoms with Gasteiger partial charge in [-0.25, -0.2) is 0 Å². The van der Waals surface area contributed by atoms with Crippen molar-refractivity contribution in [2.75, 3.05) is 6.61 Å². The van der Waals surface area contributed by atoms with E-state index >= 15 is 0 Å². The van der Waals surface area contributed by atoms with Crippen molar-refractivity contribution in [1.29, 1.82) is 0 Å². The predicted molar refractivity (Wildman–Crippen MR) is 271 cm³/mol. The molecule has 0 aromatic carbocycles. The quantitative estimate of drug-likeness (QED) is 0.0347. The summed E-state index contributed by atoms with van der Waals surface area (Å²) >= 11 is 0. The zero-order chi connectivity index (χ0) is 43.3. The molecule has 0 saturated heterocycles. The number of rotatable bonds is 51. The maximum atomic E-state index is 12.0. The van der Waals surface area contributed by atoms with Crippen LogP contribution in [0.4, 0.5) is 0 Å². The highest BCUT2D eigenvalue weighted by Gasteiger charge is 2.03. The molecule has 2 nitrogen and oxygen atoms in total. The van der Waals surface area contributed by atoms with Crippen molar-refractivity contribution in [3.8, 4) is 0 Å². The number of ether oxygens (including phenoxy) is 1. The Hall–Kier alpha value is -1.31. The second-order valence-corrected chi connectivity index (χ2v) is 19.1. The van der Waals surface area contributed by atoms with Crippen LogP contribution in [0.25, 0.3) is 0 Å². The number of esters is 1. The van der Waals surface area contributed by atoms with Crippen molar-refractivity contribution < 1.29 is 9.53 Å². The van der Waals surface area contributed by atoms with Gasteiger partial charge < -0.3 is 4.74 Å². The van der Waals surface area contributed by atoms with E-state index in [-0.39, 0.29) is 5.97 Å². The monoisotopic (exact) mass is 839 g/mol. The third kappa shape index (κ3) is 52.8. The van der Waals surface area contributed by atoms with Crippen LogP contribution in [0.2, 0.25) is 0 Å². The summed E-state index contributed by atoms with van der Waals surface area (Å²) in [4.78, 5) is 12.0. The summed E-state index contributed by atoms with van der Waals surface area (Å²) in [7, 11) is 0. The lowest BCUT2D eigenvalue weighted by Gasteiger charge is -2.07. The predicted octanol–water partition coefficient (Wildman–Crippen LogP) is 20.8. The third-order valence-corrected chi connectivity index (χ3v) is 13.1. The van der Waals surface area contributed by atoms with E-state index in [1.807, 2.05) is 0 Å². The minimum absolute atomic E-state index is 0.0116. The Morgan fingerprint density at radius 1 is 0.367 bits per heavy atom. The molecule has 0 fully saturated rings. The number of allylic oxidation sites excluding steroid dienone is 6. The second-order valence-electron chi connectivity index (χ2n) is 19.1. The topological polar surface area (TPSA) is 26.3 Å². The summed E-state index contributed by atoms with van der Waals surface area (Å²) < 4.78 is 5.48. The van der Waals surface area contributed by atoms with E-state index in [2.05, 4.69) is 57.2 Å². The summed E-state index contributed by atoms with van der Waals surface area (Å²) in [5, 5.41) is 0. The molecule has 1 unspecified atom stereocenters. The first-order valence-electron chi connectivity index (χ1n) is 27.8. The Balaban J connectivity index is 3.16. The number of unbranched alkanes of at least 4 members (excludes halogenated alkanes) is 38. The minimum Gasteiger partial charge on any atom is -0.466 e. The molecular formula is C58H110O2. The number of hydrogen-bond acceptors (Lipinski definition) is 2. The van der Waals surface area contributed by atoms with Gasteiger partial charge in [-0.3, -0.25) is 4.79 Å². The molecule has 0 aliphatic carbocycles. The number of carbonyl (C=O) groups is 1. The Morgan fingerprint density at radius 3 is 1.03 bits per heavy atom. The molecule has 2 heteroatoms. The summed E-state index contributed by atoms with van der Waals surface area (Å²) in [5.74, 6) is 0.952. The molecule has 0 aliphatic rings. The highest BCUT2D eigenvalue weighted by Crippen LogP contribution is 2.18. The molecule has 0 amide bonds. The molecule has 0 spiro atoms. The Bertz CT molecular complexity index is 885. The van der Waals surface area contributed by atoms with Crippen LogP contribution < -0.4 is 0 Å². The van der Waals surface area contributed by atoms with Gasteiger partial charge in [0, 0.05) is 6.42 Å². The highest BCUT2D eigenvalue weighted by molar-refractivity contribution is 5.69. The molecule has 60 heavy (non-hydrogen) atoms. The number of hydrogen-bond donors (Lipinski definition) is 0. The first kappa shape index (κ1) is 58.7. The van der Waals surface area contributed by atoms with E-state index in [0.717, 1.165) is 44.4 Å². The van der Waals surface area contributed by atoms with E-state index < -0.39 is 0 Å². The molecule has 0 aromatic rings. The standard InChI is InChI=1S/C58H110O2/c1-4-6-7-8-9-10-11-12-33-37-40-43-46-49-52-55-58(59)60-56-53-50-47-44-41-38-35-32-30-28-26-24-22-20-18-16-14-13-15-17-19-21-23-25-27-29-31-34-36-39-42-45-48-51-54-57(3)5-2/h6-7,9-10,12,33,57H,4-5,8,11,13-32,34-56H2,1-3H3/b7-6-,10-9-,33-12-. The van der Waals surface area contributed by atoms with Gasteiger partial charge in [0.1, 0.15) is 0 Å². The van der Waals surface area contributed by atoms with Crippen LogP contribution in [0.5, 0.6) is 0 Å². The van der Waals surface area contributed by atoms with Gasteiger partial charge in [0.05, 0.1) is 6.61 Å². The van der Waals surface area contributed by atoms with Crippen molar-refractivity contribution in [2.24, 2.45) is 5.92 Å².